The fourth-order valence-corrected chi connectivity index (χ4v) is 2.72. The number of aliphatic imine (C=N–C) groups is 1. The monoisotopic (exact) mass is 384 g/mol. The van der Waals surface area contributed by atoms with Gasteiger partial charge in [-0.15, -0.1) is 0 Å². The molecule has 0 bridgehead atoms. The van der Waals surface area contributed by atoms with Gasteiger partial charge in [0.25, 0.3) is 0 Å². The van der Waals surface area contributed by atoms with E-state index in [1.54, 1.807) is 0 Å². The van der Waals surface area contributed by atoms with Crippen LogP contribution in [0.15, 0.2) is 35.3 Å². The molecule has 7 heteroatoms. The molecule has 1 aromatic carbocycles. The summed E-state index contributed by atoms with van der Waals surface area (Å²) in [5.74, 6) is 1.44. The third kappa shape index (κ3) is 6.40. The summed E-state index contributed by atoms with van der Waals surface area (Å²) in [6, 6.07) is 10.1. The number of guanidine groups is 1. The lowest BCUT2D eigenvalue weighted by Gasteiger charge is -2.21. The molecule has 28 heavy (non-hydrogen) atoms. The summed E-state index contributed by atoms with van der Waals surface area (Å²) in [5, 5.41) is 10.3. The van der Waals surface area contributed by atoms with Crippen LogP contribution in [0.4, 0.5) is 5.82 Å². The van der Waals surface area contributed by atoms with Crippen LogP contribution in [0.2, 0.25) is 0 Å². The zero-order valence-electron chi connectivity index (χ0n) is 17.8. The highest BCUT2D eigenvalue weighted by Gasteiger charge is 2.14. The number of amides is 1. The van der Waals surface area contributed by atoms with E-state index in [2.05, 4.69) is 38.1 Å². The number of hydrogen-bond acceptors (Lipinski definition) is 4. The molecule has 2 aromatic rings. The molecule has 1 heterocycles. The van der Waals surface area contributed by atoms with E-state index in [9.17, 15) is 4.79 Å². The number of carbonyl (C=O) groups excluding carboxylic acids is 1. The fourth-order valence-electron chi connectivity index (χ4n) is 2.72. The molecule has 0 aliphatic carbocycles. The van der Waals surface area contributed by atoms with Gasteiger partial charge in [0.15, 0.2) is 5.96 Å². The minimum Gasteiger partial charge on any atom is -0.363 e. The molecule has 0 saturated heterocycles. The Morgan fingerprint density at radius 1 is 1.18 bits per heavy atom. The molecule has 3 N–H and O–H groups in total. The molecule has 0 aliphatic heterocycles. The van der Waals surface area contributed by atoms with Gasteiger partial charge in [-0.2, -0.15) is 0 Å². The summed E-state index contributed by atoms with van der Waals surface area (Å²) in [4.78, 5) is 23.4. The van der Waals surface area contributed by atoms with E-state index in [0.717, 1.165) is 22.3 Å². The summed E-state index contributed by atoms with van der Waals surface area (Å²) in [6.07, 6.45) is 0. The topological polar surface area (TPSA) is 81.7 Å². The van der Waals surface area contributed by atoms with Gasteiger partial charge in [-0.1, -0.05) is 18.2 Å². The summed E-state index contributed by atoms with van der Waals surface area (Å²) >= 11 is 0. The van der Waals surface area contributed by atoms with Crippen molar-refractivity contribution >= 4 is 28.6 Å². The van der Waals surface area contributed by atoms with Crippen LogP contribution in [0.25, 0.3) is 10.9 Å². The van der Waals surface area contributed by atoms with Crippen LogP contribution in [0.5, 0.6) is 0 Å². The Kier molecular flexibility index (Phi) is 7.20. The van der Waals surface area contributed by atoms with E-state index in [4.69, 9.17) is 0 Å². The minimum atomic E-state index is -0.257. The third-order valence-electron chi connectivity index (χ3n) is 3.93. The summed E-state index contributed by atoms with van der Waals surface area (Å²) in [7, 11) is 3.95. The highest BCUT2D eigenvalue weighted by molar-refractivity contribution is 5.87. The third-order valence-corrected chi connectivity index (χ3v) is 3.93. The maximum Gasteiger partial charge on any atom is 0.239 e. The molecule has 0 radical (unpaired) electrons. The molecule has 0 spiro atoms. The van der Waals surface area contributed by atoms with Gasteiger partial charge < -0.3 is 20.9 Å². The lowest BCUT2D eigenvalue weighted by atomic mass is 10.1. The van der Waals surface area contributed by atoms with Crippen LogP contribution in [-0.4, -0.2) is 49.6 Å². The molecule has 7 nitrogen and oxygen atoms in total. The normalized spacial score (nSPS) is 12.0. The Balaban J connectivity index is 2.19. The van der Waals surface area contributed by atoms with Crippen molar-refractivity contribution in [3.05, 3.63) is 35.9 Å². The average molecular weight is 385 g/mol. The number of carbonyl (C=O) groups is 1. The second kappa shape index (κ2) is 9.39. The predicted molar refractivity (Wildman–Crippen MR) is 117 cm³/mol. The number of benzene rings is 1. The molecular formula is C21H32N6O. The number of pyridine rings is 1. The van der Waals surface area contributed by atoms with Gasteiger partial charge in [0, 0.05) is 31.6 Å². The van der Waals surface area contributed by atoms with Crippen molar-refractivity contribution in [1.29, 1.82) is 0 Å². The van der Waals surface area contributed by atoms with Crippen LogP contribution < -0.4 is 20.9 Å². The number of para-hydroxylation sites is 1. The summed E-state index contributed by atoms with van der Waals surface area (Å²) < 4.78 is 0. The van der Waals surface area contributed by atoms with Crippen molar-refractivity contribution in [2.75, 3.05) is 32.1 Å². The largest absolute Gasteiger partial charge is 0.363 e. The van der Waals surface area contributed by atoms with Crippen molar-refractivity contribution in [2.24, 2.45) is 4.99 Å². The van der Waals surface area contributed by atoms with Crippen molar-refractivity contribution < 1.29 is 4.79 Å². The van der Waals surface area contributed by atoms with Crippen molar-refractivity contribution in [1.82, 2.24) is 20.9 Å². The van der Waals surface area contributed by atoms with Crippen LogP contribution in [-0.2, 0) is 11.3 Å². The number of fused-ring (bicyclic) bond motifs is 1. The number of rotatable bonds is 6. The van der Waals surface area contributed by atoms with Crippen molar-refractivity contribution in [3.63, 3.8) is 0 Å². The Bertz CT molecular complexity index is 838. The number of nitrogens with zero attached hydrogens (tertiary/aromatic N) is 3. The maximum absolute atomic E-state index is 12.1. The van der Waals surface area contributed by atoms with E-state index >= 15 is 0 Å². The molecule has 0 saturated carbocycles. The lowest BCUT2D eigenvalue weighted by molar-refractivity contribution is -0.121. The second-order valence-corrected chi connectivity index (χ2v) is 7.90. The first-order chi connectivity index (χ1) is 13.2. The first kappa shape index (κ1) is 21.5. The molecule has 0 aliphatic rings. The van der Waals surface area contributed by atoms with Crippen LogP contribution in [0.3, 0.4) is 0 Å². The smallest absolute Gasteiger partial charge is 0.239 e. The molecule has 1 aromatic heterocycles. The predicted octanol–water partition coefficient (Wildman–Crippen LogP) is 2.27. The van der Waals surface area contributed by atoms with E-state index in [-0.39, 0.29) is 18.0 Å². The molecule has 2 rings (SSSR count). The molecule has 0 fully saturated rings. The number of hydrogen-bond donors (Lipinski definition) is 3. The van der Waals surface area contributed by atoms with Gasteiger partial charge in [-0.25, -0.2) is 9.98 Å². The van der Waals surface area contributed by atoms with Crippen LogP contribution in [0.1, 0.15) is 33.3 Å². The van der Waals surface area contributed by atoms with E-state index in [1.165, 1.54) is 0 Å². The SMILES string of the molecule is CCNC(=NCc1cc(N(C)C)nc2ccccc12)NCC(=O)NC(C)(C)C. The molecule has 1 amide bonds. The highest BCUT2D eigenvalue weighted by atomic mass is 16.2. The average Bonchev–Trinajstić information content (AvgIpc) is 2.62. The number of anilines is 1. The van der Waals surface area contributed by atoms with Crippen molar-refractivity contribution in [2.45, 2.75) is 39.8 Å². The lowest BCUT2D eigenvalue weighted by Crippen LogP contribution is -2.48. The van der Waals surface area contributed by atoms with E-state index in [1.807, 2.05) is 64.9 Å². The van der Waals surface area contributed by atoms with E-state index in [0.29, 0.717) is 19.0 Å². The number of aromatic nitrogens is 1. The first-order valence-electron chi connectivity index (χ1n) is 9.59. The second-order valence-electron chi connectivity index (χ2n) is 7.90. The Hall–Kier alpha value is -2.83. The zero-order valence-corrected chi connectivity index (χ0v) is 17.8. The minimum absolute atomic E-state index is 0.0673. The molecule has 152 valence electrons. The highest BCUT2D eigenvalue weighted by Crippen LogP contribution is 2.22. The van der Waals surface area contributed by atoms with Gasteiger partial charge in [-0.3, -0.25) is 4.79 Å². The summed E-state index contributed by atoms with van der Waals surface area (Å²) in [5.41, 5.74) is 1.78. The standard InChI is InChI=1S/C21H32N6O/c1-7-22-20(24-14-19(28)26-21(2,3)4)23-13-15-12-18(27(5)6)25-17-11-9-8-10-16(15)17/h8-12H,7,13-14H2,1-6H3,(H,26,28)(H2,22,23,24). The zero-order chi connectivity index (χ0) is 20.7. The quantitative estimate of drug-likeness (QED) is 0.526. The first-order valence-corrected chi connectivity index (χ1v) is 9.59. The molecule has 0 atom stereocenters. The van der Waals surface area contributed by atoms with Crippen LogP contribution >= 0.6 is 0 Å². The fraction of sp³-hybridized carbons (Fsp3) is 0.476. The van der Waals surface area contributed by atoms with Gasteiger partial charge in [0.05, 0.1) is 18.6 Å². The summed E-state index contributed by atoms with van der Waals surface area (Å²) in [6.45, 7) is 9.25. The Morgan fingerprint density at radius 3 is 2.54 bits per heavy atom. The number of nitrogens with one attached hydrogen (secondary N) is 3. The Morgan fingerprint density at radius 2 is 1.89 bits per heavy atom. The van der Waals surface area contributed by atoms with Crippen LogP contribution in [0, 0.1) is 0 Å². The maximum atomic E-state index is 12.1. The van der Waals surface area contributed by atoms with Gasteiger partial charge >= 0.3 is 0 Å². The Labute approximate surface area is 167 Å². The van der Waals surface area contributed by atoms with Gasteiger partial charge in [0.1, 0.15) is 5.82 Å². The van der Waals surface area contributed by atoms with Gasteiger partial charge in [-0.05, 0) is 45.4 Å². The molecule has 0 unspecified atom stereocenters. The van der Waals surface area contributed by atoms with Gasteiger partial charge in [0.2, 0.25) is 5.91 Å². The molecular weight excluding hydrogens is 352 g/mol. The van der Waals surface area contributed by atoms with Crippen molar-refractivity contribution in [3.8, 4) is 0 Å². The van der Waals surface area contributed by atoms with E-state index < -0.39 is 0 Å².